The molecule has 2 heterocycles. The molecule has 5 heteroatoms. The first-order valence-electron chi connectivity index (χ1n) is 8.97. The van der Waals surface area contributed by atoms with Gasteiger partial charge in [0.25, 0.3) is 5.91 Å². The Hall–Kier alpha value is -3.21. The van der Waals surface area contributed by atoms with Gasteiger partial charge in [0.1, 0.15) is 5.82 Å². The van der Waals surface area contributed by atoms with E-state index in [1.54, 1.807) is 6.20 Å². The zero-order chi connectivity index (χ0) is 19.2. The summed E-state index contributed by atoms with van der Waals surface area (Å²) in [6, 6.07) is 13.5. The van der Waals surface area contributed by atoms with Crippen LogP contribution in [0.15, 0.2) is 61.1 Å². The van der Waals surface area contributed by atoms with Crippen LogP contribution in [0.5, 0.6) is 0 Å². The molecule has 5 nitrogen and oxygen atoms in total. The Morgan fingerprint density at radius 3 is 2.48 bits per heavy atom. The number of nitrogens with zero attached hydrogens (tertiary/aromatic N) is 3. The second-order valence-electron chi connectivity index (χ2n) is 6.68. The summed E-state index contributed by atoms with van der Waals surface area (Å²) in [5.74, 6) is 0.397. The molecule has 0 atom stereocenters. The van der Waals surface area contributed by atoms with Crippen molar-refractivity contribution in [1.82, 2.24) is 9.97 Å². The molecule has 3 rings (SSSR count). The van der Waals surface area contributed by atoms with Crippen molar-refractivity contribution in [2.45, 2.75) is 20.3 Å². The zero-order valence-corrected chi connectivity index (χ0v) is 15.9. The number of hydrogen-bond donors (Lipinski definition) is 1. The summed E-state index contributed by atoms with van der Waals surface area (Å²) >= 11 is 0. The number of rotatable bonds is 6. The van der Waals surface area contributed by atoms with Gasteiger partial charge in [-0.25, -0.2) is 4.98 Å². The fraction of sp³-hybridized carbons (Fsp3) is 0.227. The second kappa shape index (κ2) is 8.45. The smallest absolute Gasteiger partial charge is 0.256 e. The average Bonchev–Trinajstić information content (AvgIpc) is 2.69. The van der Waals surface area contributed by atoms with E-state index in [2.05, 4.69) is 20.2 Å². The van der Waals surface area contributed by atoms with Gasteiger partial charge >= 0.3 is 0 Å². The van der Waals surface area contributed by atoms with Crippen LogP contribution in [0, 0.1) is 13.8 Å². The highest BCUT2D eigenvalue weighted by molar-refractivity contribution is 6.03. The van der Waals surface area contributed by atoms with Crippen molar-refractivity contribution in [3.05, 3.63) is 83.3 Å². The highest BCUT2D eigenvalue weighted by Gasteiger charge is 2.09. The molecule has 3 aromatic rings. The standard InChI is InChI=1S/C22H24N4O/c1-16-4-5-19(14-17(16)2)22(27)25-21-7-6-20(15-24-21)26(3)13-10-18-8-11-23-12-9-18/h4-9,11-12,14-15H,10,13H2,1-3H3,(H,24,25,27). The number of likely N-dealkylation sites (N-methyl/N-ethyl adjacent to an activating group) is 1. The van der Waals surface area contributed by atoms with E-state index >= 15 is 0 Å². The van der Waals surface area contributed by atoms with E-state index in [1.807, 2.05) is 75.8 Å². The van der Waals surface area contributed by atoms with Crippen LogP contribution in [0.3, 0.4) is 0 Å². The van der Waals surface area contributed by atoms with Gasteiger partial charge in [-0.3, -0.25) is 9.78 Å². The van der Waals surface area contributed by atoms with Crippen molar-refractivity contribution in [1.29, 1.82) is 0 Å². The first-order valence-corrected chi connectivity index (χ1v) is 8.97. The molecule has 27 heavy (non-hydrogen) atoms. The lowest BCUT2D eigenvalue weighted by atomic mass is 10.1. The van der Waals surface area contributed by atoms with Crippen molar-refractivity contribution in [2.75, 3.05) is 23.8 Å². The number of pyridine rings is 2. The second-order valence-corrected chi connectivity index (χ2v) is 6.68. The van der Waals surface area contributed by atoms with Gasteiger partial charge in [-0.05, 0) is 73.4 Å². The molecule has 0 aliphatic carbocycles. The Morgan fingerprint density at radius 2 is 1.81 bits per heavy atom. The number of nitrogens with one attached hydrogen (secondary N) is 1. The SMILES string of the molecule is Cc1ccc(C(=O)Nc2ccc(N(C)CCc3ccncc3)cn2)cc1C. The fourth-order valence-electron chi connectivity index (χ4n) is 2.73. The van der Waals surface area contributed by atoms with Crippen LogP contribution in [0.25, 0.3) is 0 Å². The topological polar surface area (TPSA) is 58.1 Å². The zero-order valence-electron chi connectivity index (χ0n) is 15.9. The summed E-state index contributed by atoms with van der Waals surface area (Å²) in [6.45, 7) is 4.91. The van der Waals surface area contributed by atoms with Crippen molar-refractivity contribution in [3.63, 3.8) is 0 Å². The maximum absolute atomic E-state index is 12.4. The minimum Gasteiger partial charge on any atom is -0.373 e. The summed E-state index contributed by atoms with van der Waals surface area (Å²) in [7, 11) is 2.03. The number of benzene rings is 1. The molecule has 0 fully saturated rings. The average molecular weight is 360 g/mol. The molecule has 1 N–H and O–H groups in total. The van der Waals surface area contributed by atoms with E-state index in [-0.39, 0.29) is 5.91 Å². The predicted octanol–water partition coefficient (Wildman–Crippen LogP) is 4.02. The third kappa shape index (κ3) is 4.91. The van der Waals surface area contributed by atoms with Crippen LogP contribution in [0.4, 0.5) is 11.5 Å². The maximum Gasteiger partial charge on any atom is 0.256 e. The van der Waals surface area contributed by atoms with Crippen LogP contribution in [-0.4, -0.2) is 29.5 Å². The minimum absolute atomic E-state index is 0.149. The highest BCUT2D eigenvalue weighted by Crippen LogP contribution is 2.16. The first kappa shape index (κ1) is 18.6. The van der Waals surface area contributed by atoms with Crippen LogP contribution in [0.1, 0.15) is 27.0 Å². The summed E-state index contributed by atoms with van der Waals surface area (Å²) in [4.78, 5) is 22.9. The predicted molar refractivity (Wildman–Crippen MR) is 109 cm³/mol. The quantitative estimate of drug-likeness (QED) is 0.721. The summed E-state index contributed by atoms with van der Waals surface area (Å²) in [5.41, 5.74) is 5.17. The third-order valence-corrected chi connectivity index (χ3v) is 4.68. The lowest BCUT2D eigenvalue weighted by molar-refractivity contribution is 0.102. The van der Waals surface area contributed by atoms with E-state index in [0.29, 0.717) is 11.4 Å². The molecule has 0 aliphatic rings. The highest BCUT2D eigenvalue weighted by atomic mass is 16.1. The van der Waals surface area contributed by atoms with Crippen molar-refractivity contribution < 1.29 is 4.79 Å². The molecule has 0 spiro atoms. The van der Waals surface area contributed by atoms with Gasteiger partial charge in [-0.1, -0.05) is 6.07 Å². The molecule has 1 aromatic carbocycles. The van der Waals surface area contributed by atoms with Gasteiger partial charge in [0, 0.05) is 31.5 Å². The molecule has 138 valence electrons. The van der Waals surface area contributed by atoms with Crippen molar-refractivity contribution >= 4 is 17.4 Å². The lowest BCUT2D eigenvalue weighted by Gasteiger charge is -2.19. The summed E-state index contributed by atoms with van der Waals surface area (Å²) in [5, 5.41) is 2.85. The van der Waals surface area contributed by atoms with Gasteiger partial charge in [-0.15, -0.1) is 0 Å². The van der Waals surface area contributed by atoms with Crippen molar-refractivity contribution in [3.8, 4) is 0 Å². The number of amides is 1. The van der Waals surface area contributed by atoms with Crippen LogP contribution in [-0.2, 0) is 6.42 Å². The molecule has 1 amide bonds. The molecule has 0 bridgehead atoms. The van der Waals surface area contributed by atoms with Gasteiger partial charge in [0.2, 0.25) is 0 Å². The molecule has 0 radical (unpaired) electrons. The third-order valence-electron chi connectivity index (χ3n) is 4.68. The van der Waals surface area contributed by atoms with Crippen LogP contribution < -0.4 is 10.2 Å². The Morgan fingerprint density at radius 1 is 1.04 bits per heavy atom. The van der Waals surface area contributed by atoms with E-state index < -0.39 is 0 Å². The monoisotopic (exact) mass is 360 g/mol. The summed E-state index contributed by atoms with van der Waals surface area (Å²) < 4.78 is 0. The normalized spacial score (nSPS) is 10.5. The molecular weight excluding hydrogens is 336 g/mol. The Kier molecular flexibility index (Phi) is 5.81. The number of hydrogen-bond acceptors (Lipinski definition) is 4. The number of carbonyl (C=O) groups is 1. The number of aromatic nitrogens is 2. The fourth-order valence-corrected chi connectivity index (χ4v) is 2.73. The molecule has 0 saturated carbocycles. The maximum atomic E-state index is 12.4. The molecule has 0 aliphatic heterocycles. The first-order chi connectivity index (χ1) is 13.0. The van der Waals surface area contributed by atoms with Gasteiger partial charge in [0.15, 0.2) is 0 Å². The Balaban J connectivity index is 1.59. The largest absolute Gasteiger partial charge is 0.373 e. The van der Waals surface area contributed by atoms with E-state index in [9.17, 15) is 4.79 Å². The minimum atomic E-state index is -0.149. The van der Waals surface area contributed by atoms with Gasteiger partial charge in [-0.2, -0.15) is 0 Å². The van der Waals surface area contributed by atoms with Gasteiger partial charge < -0.3 is 10.2 Å². The van der Waals surface area contributed by atoms with Crippen LogP contribution in [0.2, 0.25) is 0 Å². The van der Waals surface area contributed by atoms with E-state index in [1.165, 1.54) is 11.1 Å². The Labute approximate surface area is 160 Å². The number of anilines is 2. The number of aryl methyl sites for hydroxylation is 2. The molecular formula is C22H24N4O. The Bertz CT molecular complexity index is 907. The lowest BCUT2D eigenvalue weighted by Crippen LogP contribution is -2.20. The van der Waals surface area contributed by atoms with Crippen LogP contribution >= 0.6 is 0 Å². The number of carbonyl (C=O) groups excluding carboxylic acids is 1. The molecule has 2 aromatic heterocycles. The van der Waals surface area contributed by atoms with Gasteiger partial charge in [0.05, 0.1) is 11.9 Å². The molecule has 0 saturated heterocycles. The summed E-state index contributed by atoms with van der Waals surface area (Å²) in [6.07, 6.45) is 6.33. The molecule has 0 unspecified atom stereocenters. The van der Waals surface area contributed by atoms with Crippen molar-refractivity contribution in [2.24, 2.45) is 0 Å². The van der Waals surface area contributed by atoms with E-state index in [4.69, 9.17) is 0 Å². The van der Waals surface area contributed by atoms with E-state index in [0.717, 1.165) is 24.2 Å².